The SMILES string of the molecule is CSCc1cccc(C(=O)N2CCCCC2)c1. The molecule has 1 aliphatic heterocycles. The number of nitrogens with zero attached hydrogens (tertiary/aromatic N) is 1. The van der Waals surface area contributed by atoms with E-state index in [1.165, 1.54) is 12.0 Å². The van der Waals surface area contributed by atoms with Crippen molar-refractivity contribution >= 4 is 17.7 Å². The molecule has 3 heteroatoms. The van der Waals surface area contributed by atoms with Crippen LogP contribution in [-0.4, -0.2) is 30.2 Å². The molecule has 0 aromatic heterocycles. The topological polar surface area (TPSA) is 20.3 Å². The second-order valence-electron chi connectivity index (χ2n) is 4.49. The molecule has 2 rings (SSSR count). The van der Waals surface area contributed by atoms with Crippen LogP contribution in [0.15, 0.2) is 24.3 Å². The van der Waals surface area contributed by atoms with Gasteiger partial charge in [0, 0.05) is 24.4 Å². The minimum Gasteiger partial charge on any atom is -0.339 e. The average Bonchev–Trinajstić information content (AvgIpc) is 2.40. The number of thioether (sulfide) groups is 1. The normalized spacial score (nSPS) is 15.9. The van der Waals surface area contributed by atoms with E-state index in [0.717, 1.165) is 37.2 Å². The molecular weight excluding hydrogens is 230 g/mol. The highest BCUT2D eigenvalue weighted by Crippen LogP contribution is 2.16. The molecule has 0 atom stereocenters. The van der Waals surface area contributed by atoms with Crippen LogP contribution in [0.4, 0.5) is 0 Å². The summed E-state index contributed by atoms with van der Waals surface area (Å²) in [4.78, 5) is 14.3. The van der Waals surface area contributed by atoms with Gasteiger partial charge in [-0.2, -0.15) is 11.8 Å². The first-order valence-electron chi connectivity index (χ1n) is 6.18. The second-order valence-corrected chi connectivity index (χ2v) is 5.35. The van der Waals surface area contributed by atoms with Crippen molar-refractivity contribution in [3.05, 3.63) is 35.4 Å². The monoisotopic (exact) mass is 249 g/mol. The third-order valence-electron chi connectivity index (χ3n) is 3.13. The molecule has 0 N–H and O–H groups in total. The van der Waals surface area contributed by atoms with E-state index in [-0.39, 0.29) is 5.91 Å². The van der Waals surface area contributed by atoms with E-state index in [2.05, 4.69) is 12.3 Å². The van der Waals surface area contributed by atoms with Gasteiger partial charge in [-0.25, -0.2) is 0 Å². The Balaban J connectivity index is 2.09. The molecule has 1 aromatic rings. The summed E-state index contributed by atoms with van der Waals surface area (Å²) in [5.41, 5.74) is 2.08. The minimum atomic E-state index is 0.202. The van der Waals surface area contributed by atoms with Crippen molar-refractivity contribution in [2.75, 3.05) is 19.3 Å². The van der Waals surface area contributed by atoms with Crippen LogP contribution in [-0.2, 0) is 5.75 Å². The third-order valence-corrected chi connectivity index (χ3v) is 3.75. The lowest BCUT2D eigenvalue weighted by molar-refractivity contribution is 0.0724. The van der Waals surface area contributed by atoms with Gasteiger partial charge < -0.3 is 4.90 Å². The number of hydrogen-bond acceptors (Lipinski definition) is 2. The fraction of sp³-hybridized carbons (Fsp3) is 0.500. The molecule has 1 amide bonds. The molecule has 2 nitrogen and oxygen atoms in total. The van der Waals surface area contributed by atoms with Crippen LogP contribution in [0, 0.1) is 0 Å². The van der Waals surface area contributed by atoms with Crippen LogP contribution in [0.1, 0.15) is 35.2 Å². The van der Waals surface area contributed by atoms with Crippen LogP contribution >= 0.6 is 11.8 Å². The summed E-state index contributed by atoms with van der Waals surface area (Å²) in [7, 11) is 0. The molecule has 0 unspecified atom stereocenters. The van der Waals surface area contributed by atoms with E-state index in [1.807, 2.05) is 23.1 Å². The van der Waals surface area contributed by atoms with E-state index < -0.39 is 0 Å². The van der Waals surface area contributed by atoms with E-state index in [9.17, 15) is 4.79 Å². The van der Waals surface area contributed by atoms with Crippen molar-refractivity contribution in [1.82, 2.24) is 4.90 Å². The Morgan fingerprint density at radius 2 is 2.06 bits per heavy atom. The lowest BCUT2D eigenvalue weighted by Gasteiger charge is -2.26. The van der Waals surface area contributed by atoms with Crippen LogP contribution in [0.3, 0.4) is 0 Å². The quantitative estimate of drug-likeness (QED) is 0.820. The summed E-state index contributed by atoms with van der Waals surface area (Å²) in [6.45, 7) is 1.84. The molecule has 1 aromatic carbocycles. The molecule has 0 spiro atoms. The lowest BCUT2D eigenvalue weighted by Crippen LogP contribution is -2.35. The third kappa shape index (κ3) is 3.25. The molecule has 0 bridgehead atoms. The van der Waals surface area contributed by atoms with Gasteiger partial charge in [-0.3, -0.25) is 4.79 Å². The van der Waals surface area contributed by atoms with E-state index in [1.54, 1.807) is 11.8 Å². The molecule has 1 saturated heterocycles. The van der Waals surface area contributed by atoms with E-state index in [0.29, 0.717) is 0 Å². The molecule has 1 heterocycles. The van der Waals surface area contributed by atoms with Crippen molar-refractivity contribution < 1.29 is 4.79 Å². The van der Waals surface area contributed by atoms with Crippen LogP contribution in [0.2, 0.25) is 0 Å². The predicted molar refractivity (Wildman–Crippen MR) is 73.4 cm³/mol. The molecule has 92 valence electrons. The fourth-order valence-electron chi connectivity index (χ4n) is 2.24. The number of carbonyl (C=O) groups is 1. The fourth-order valence-corrected chi connectivity index (χ4v) is 2.75. The largest absolute Gasteiger partial charge is 0.339 e. The maximum Gasteiger partial charge on any atom is 0.253 e. The van der Waals surface area contributed by atoms with E-state index in [4.69, 9.17) is 0 Å². The first-order chi connectivity index (χ1) is 8.31. The van der Waals surface area contributed by atoms with Crippen LogP contribution < -0.4 is 0 Å². The van der Waals surface area contributed by atoms with Gasteiger partial charge in [0.25, 0.3) is 5.91 Å². The number of likely N-dealkylation sites (tertiary alicyclic amines) is 1. The van der Waals surface area contributed by atoms with Gasteiger partial charge in [0.1, 0.15) is 0 Å². The number of rotatable bonds is 3. The summed E-state index contributed by atoms with van der Waals surface area (Å²) in [6.07, 6.45) is 5.64. The van der Waals surface area contributed by atoms with Crippen molar-refractivity contribution in [1.29, 1.82) is 0 Å². The summed E-state index contributed by atoms with van der Waals surface area (Å²) >= 11 is 1.79. The molecule has 0 radical (unpaired) electrons. The van der Waals surface area contributed by atoms with Gasteiger partial charge in [0.2, 0.25) is 0 Å². The van der Waals surface area contributed by atoms with Crippen molar-refractivity contribution in [3.63, 3.8) is 0 Å². The zero-order chi connectivity index (χ0) is 12.1. The molecule has 1 fully saturated rings. The van der Waals surface area contributed by atoms with Crippen molar-refractivity contribution in [2.45, 2.75) is 25.0 Å². The zero-order valence-electron chi connectivity index (χ0n) is 10.3. The number of hydrogen-bond donors (Lipinski definition) is 0. The highest BCUT2D eigenvalue weighted by Gasteiger charge is 2.17. The van der Waals surface area contributed by atoms with Gasteiger partial charge in [0.05, 0.1) is 0 Å². The number of piperidine rings is 1. The Kier molecular flexibility index (Phi) is 4.49. The molecule has 0 aliphatic carbocycles. The number of amides is 1. The Labute approximate surface area is 107 Å². The predicted octanol–water partition coefficient (Wildman–Crippen LogP) is 3.18. The van der Waals surface area contributed by atoms with E-state index >= 15 is 0 Å². The Hall–Kier alpha value is -0.960. The van der Waals surface area contributed by atoms with Gasteiger partial charge in [-0.1, -0.05) is 12.1 Å². The van der Waals surface area contributed by atoms with Crippen molar-refractivity contribution in [3.8, 4) is 0 Å². The summed E-state index contributed by atoms with van der Waals surface area (Å²) in [5.74, 6) is 1.17. The molecule has 1 aliphatic rings. The summed E-state index contributed by atoms with van der Waals surface area (Å²) in [6, 6.07) is 8.04. The molecule has 0 saturated carbocycles. The Bertz CT molecular complexity index is 386. The average molecular weight is 249 g/mol. The van der Waals surface area contributed by atoms with Crippen LogP contribution in [0.25, 0.3) is 0 Å². The number of carbonyl (C=O) groups excluding carboxylic acids is 1. The first kappa shape index (κ1) is 12.5. The van der Waals surface area contributed by atoms with Crippen molar-refractivity contribution in [2.24, 2.45) is 0 Å². The van der Waals surface area contributed by atoms with Gasteiger partial charge >= 0.3 is 0 Å². The number of benzene rings is 1. The van der Waals surface area contributed by atoms with Gasteiger partial charge in [-0.15, -0.1) is 0 Å². The minimum absolute atomic E-state index is 0.202. The Morgan fingerprint density at radius 3 is 2.76 bits per heavy atom. The highest BCUT2D eigenvalue weighted by molar-refractivity contribution is 7.97. The lowest BCUT2D eigenvalue weighted by atomic mass is 10.1. The highest BCUT2D eigenvalue weighted by atomic mass is 32.2. The maximum atomic E-state index is 12.3. The molecular formula is C14H19NOS. The smallest absolute Gasteiger partial charge is 0.253 e. The second kappa shape index (κ2) is 6.10. The van der Waals surface area contributed by atoms with Crippen LogP contribution in [0.5, 0.6) is 0 Å². The first-order valence-corrected chi connectivity index (χ1v) is 7.58. The summed E-state index contributed by atoms with van der Waals surface area (Å²) in [5, 5.41) is 0. The summed E-state index contributed by atoms with van der Waals surface area (Å²) < 4.78 is 0. The van der Waals surface area contributed by atoms with Gasteiger partial charge in [-0.05, 0) is 43.2 Å². The standard InChI is InChI=1S/C14H19NOS/c1-17-11-12-6-5-7-13(10-12)14(16)15-8-3-2-4-9-15/h5-7,10H,2-4,8-9,11H2,1H3. The molecule has 17 heavy (non-hydrogen) atoms. The maximum absolute atomic E-state index is 12.3. The van der Waals surface area contributed by atoms with Gasteiger partial charge in [0.15, 0.2) is 0 Å². The Morgan fingerprint density at radius 1 is 1.29 bits per heavy atom. The zero-order valence-corrected chi connectivity index (χ0v) is 11.1.